The molecule has 0 heterocycles. The van der Waals surface area contributed by atoms with Crippen LogP contribution in [0.25, 0.3) is 0 Å². The van der Waals surface area contributed by atoms with Crippen LogP contribution in [-0.4, -0.2) is 18.9 Å². The Morgan fingerprint density at radius 3 is 2.05 bits per heavy atom. The van der Waals surface area contributed by atoms with Crippen molar-refractivity contribution < 1.29 is 31.4 Å². The molecule has 2 aromatic rings. The minimum Gasteiger partial charge on any atom is -0.468 e. The number of rotatable bonds is 4. The van der Waals surface area contributed by atoms with E-state index in [1.54, 1.807) is 0 Å². The molecule has 20 heavy (non-hydrogen) atoms. The van der Waals surface area contributed by atoms with E-state index >= 15 is 0 Å². The molecule has 2 aromatic carbocycles. The number of ether oxygens (including phenoxy) is 1. The van der Waals surface area contributed by atoms with Gasteiger partial charge in [-0.05, 0) is 6.92 Å². The molecule has 0 aromatic heterocycles. The van der Waals surface area contributed by atoms with E-state index in [2.05, 4.69) is 4.74 Å². The van der Waals surface area contributed by atoms with Crippen molar-refractivity contribution in [2.45, 2.75) is 13.3 Å². The second-order valence-electron chi connectivity index (χ2n) is 4.15. The third kappa shape index (κ3) is 6.50. The minimum atomic E-state index is -0.664. The molecule has 0 N–H and O–H groups in total. The van der Waals surface area contributed by atoms with Crippen LogP contribution in [0.15, 0.2) is 54.6 Å². The molecule has 1 atom stereocenters. The zero-order chi connectivity index (χ0) is 14.1. The van der Waals surface area contributed by atoms with Crippen LogP contribution < -0.4 is 0 Å². The molecule has 0 amide bonds. The van der Waals surface area contributed by atoms with Crippen LogP contribution in [0.2, 0.25) is 0 Å². The van der Waals surface area contributed by atoms with E-state index in [0.717, 1.165) is 5.56 Å². The third-order valence-electron chi connectivity index (χ3n) is 2.70. The van der Waals surface area contributed by atoms with E-state index in [0.29, 0.717) is 6.42 Å². The van der Waals surface area contributed by atoms with Crippen LogP contribution >= 0.6 is 0 Å². The summed E-state index contributed by atoms with van der Waals surface area (Å²) in [6.07, 6.45) is 0.426. The average Bonchev–Trinajstić information content (AvgIpc) is 3.09. The predicted molar refractivity (Wildman–Crippen MR) is 74.0 cm³/mol. The van der Waals surface area contributed by atoms with Gasteiger partial charge in [-0.3, -0.25) is 9.59 Å². The Kier molecular flexibility index (Phi) is 9.35. The Balaban J connectivity index is 0.000000507. The molecule has 4 heteroatoms. The smallest absolute Gasteiger partial charge is 0.468 e. The van der Waals surface area contributed by atoms with Crippen LogP contribution in [0.1, 0.15) is 12.5 Å². The molecule has 0 bridgehead atoms. The first-order valence-electron chi connectivity index (χ1n) is 6.10. The predicted octanol–water partition coefficient (Wildman–Crippen LogP) is 2.73. The van der Waals surface area contributed by atoms with Gasteiger partial charge in [0.1, 0.15) is 11.7 Å². The van der Waals surface area contributed by atoms with Crippen LogP contribution in [0.5, 0.6) is 0 Å². The maximum atomic E-state index is 11.2. The molecule has 0 fully saturated rings. The molecule has 0 saturated carbocycles. The van der Waals surface area contributed by atoms with E-state index < -0.39 is 11.9 Å². The summed E-state index contributed by atoms with van der Waals surface area (Å²) in [5, 5.41) is 0. The number of hydrogen-bond donors (Lipinski definition) is 0. The van der Waals surface area contributed by atoms with E-state index in [4.69, 9.17) is 0 Å². The topological polar surface area (TPSA) is 43.4 Å². The van der Waals surface area contributed by atoms with E-state index in [-0.39, 0.29) is 22.9 Å². The Morgan fingerprint density at radius 1 is 1.15 bits per heavy atom. The zero-order valence-corrected chi connectivity index (χ0v) is 12.7. The van der Waals surface area contributed by atoms with Gasteiger partial charge in [-0.2, -0.15) is 35.9 Å². The number of esters is 1. The fourth-order valence-corrected chi connectivity index (χ4v) is 1.64. The SMILES string of the molecule is COC(=O)C(C[c-]1cccc1)C(C)=O.[Fe+2].c1cc[cH-]c1. The molecule has 0 radical (unpaired) electrons. The zero-order valence-electron chi connectivity index (χ0n) is 11.6. The monoisotopic (exact) mass is 314 g/mol. The molecule has 2 rings (SSSR count). The van der Waals surface area contributed by atoms with E-state index in [1.165, 1.54) is 14.0 Å². The molecular weight excluding hydrogens is 296 g/mol. The van der Waals surface area contributed by atoms with Gasteiger partial charge >= 0.3 is 23.0 Å². The van der Waals surface area contributed by atoms with Crippen LogP contribution in [-0.2, 0) is 37.8 Å². The molecular formula is C16H18FeO3. The van der Waals surface area contributed by atoms with E-state index in [1.807, 2.05) is 54.6 Å². The summed E-state index contributed by atoms with van der Waals surface area (Å²) in [6, 6.07) is 17.5. The molecule has 0 spiro atoms. The second kappa shape index (κ2) is 10.2. The Labute approximate surface area is 130 Å². The maximum Gasteiger partial charge on any atom is 2.00 e. The number of carbonyl (C=O) groups is 2. The van der Waals surface area contributed by atoms with Gasteiger partial charge in [-0.1, -0.05) is 6.42 Å². The fourth-order valence-electron chi connectivity index (χ4n) is 1.64. The first kappa shape index (κ1) is 18.4. The number of Topliss-reactive ketones (excluding diaryl/α,β-unsaturated/α-hetero) is 1. The molecule has 3 nitrogen and oxygen atoms in total. The first-order chi connectivity index (χ1) is 9.15. The quantitative estimate of drug-likeness (QED) is 0.377. The third-order valence-corrected chi connectivity index (χ3v) is 2.70. The van der Waals surface area contributed by atoms with Gasteiger partial charge in [0.25, 0.3) is 0 Å². The Bertz CT molecular complexity index is 455. The minimum absolute atomic E-state index is 0. The van der Waals surface area contributed by atoms with Gasteiger partial charge in [-0.15, -0.1) is 0 Å². The largest absolute Gasteiger partial charge is 2.00 e. The summed E-state index contributed by atoms with van der Waals surface area (Å²) in [7, 11) is 1.29. The van der Waals surface area contributed by atoms with Gasteiger partial charge < -0.3 is 4.74 Å². The summed E-state index contributed by atoms with van der Waals surface area (Å²) in [5.74, 6) is -1.28. The standard InChI is InChI=1S/C11H13O3.C5H5.Fe/c1-8(12)10(11(13)14-2)7-9-5-3-4-6-9;1-2-4-5-3-1;/h3-6,10H,7H2,1-2H3;1-5H;/q2*-1;+2. The van der Waals surface area contributed by atoms with Gasteiger partial charge in [0.15, 0.2) is 0 Å². The van der Waals surface area contributed by atoms with Gasteiger partial charge in [0.2, 0.25) is 0 Å². The van der Waals surface area contributed by atoms with Crippen LogP contribution in [0, 0.1) is 5.92 Å². The summed E-state index contributed by atoms with van der Waals surface area (Å²) >= 11 is 0. The summed E-state index contributed by atoms with van der Waals surface area (Å²) < 4.78 is 4.56. The second-order valence-corrected chi connectivity index (χ2v) is 4.15. The number of hydrogen-bond acceptors (Lipinski definition) is 3. The number of carbonyl (C=O) groups excluding carboxylic acids is 2. The summed E-state index contributed by atoms with van der Waals surface area (Å²) in [5.41, 5.74) is 0.982. The van der Waals surface area contributed by atoms with Gasteiger partial charge in [0.05, 0.1) is 7.11 Å². The van der Waals surface area contributed by atoms with Crippen molar-refractivity contribution in [1.29, 1.82) is 0 Å². The number of methoxy groups -OCH3 is 1. The Morgan fingerprint density at radius 2 is 1.70 bits per heavy atom. The van der Waals surface area contributed by atoms with Crippen molar-refractivity contribution in [3.63, 3.8) is 0 Å². The van der Waals surface area contributed by atoms with Gasteiger partial charge in [-0.25, -0.2) is 24.3 Å². The van der Waals surface area contributed by atoms with Crippen molar-refractivity contribution in [3.8, 4) is 0 Å². The van der Waals surface area contributed by atoms with Crippen molar-refractivity contribution in [3.05, 3.63) is 60.2 Å². The summed E-state index contributed by atoms with van der Waals surface area (Å²) in [6.45, 7) is 1.41. The van der Waals surface area contributed by atoms with Crippen molar-refractivity contribution in [1.82, 2.24) is 0 Å². The van der Waals surface area contributed by atoms with Crippen molar-refractivity contribution in [2.75, 3.05) is 7.11 Å². The molecule has 0 aliphatic heterocycles. The van der Waals surface area contributed by atoms with Crippen molar-refractivity contribution in [2.24, 2.45) is 5.92 Å². The Hall–Kier alpha value is -1.64. The molecule has 0 aliphatic carbocycles. The molecule has 1 unspecified atom stereocenters. The maximum absolute atomic E-state index is 11.2. The first-order valence-corrected chi connectivity index (χ1v) is 6.10. The average molecular weight is 314 g/mol. The molecule has 0 saturated heterocycles. The molecule has 108 valence electrons. The fraction of sp³-hybridized carbons (Fsp3) is 0.250. The van der Waals surface area contributed by atoms with Crippen molar-refractivity contribution >= 4 is 11.8 Å². The van der Waals surface area contributed by atoms with Crippen LogP contribution in [0.3, 0.4) is 0 Å². The van der Waals surface area contributed by atoms with Crippen LogP contribution in [0.4, 0.5) is 0 Å². The molecule has 0 aliphatic rings. The van der Waals surface area contributed by atoms with Gasteiger partial charge in [0, 0.05) is 0 Å². The van der Waals surface area contributed by atoms with E-state index in [9.17, 15) is 9.59 Å². The normalized spacial score (nSPS) is 10.5. The number of ketones is 1. The summed E-state index contributed by atoms with van der Waals surface area (Å²) in [4.78, 5) is 22.4.